The lowest BCUT2D eigenvalue weighted by Crippen LogP contribution is -2.35. The highest BCUT2D eigenvalue weighted by atomic mass is 16.5. The van der Waals surface area contributed by atoms with Gasteiger partial charge in [0, 0.05) is 38.0 Å². The summed E-state index contributed by atoms with van der Waals surface area (Å²) in [5.41, 5.74) is 1.36. The average molecular weight is 500 g/mol. The molecule has 8 heteroatoms. The molecule has 0 bridgehead atoms. The number of hydrogen-bond acceptors (Lipinski definition) is 8. The predicted molar refractivity (Wildman–Crippen MR) is 136 cm³/mol. The minimum Gasteiger partial charge on any atom is -0.504 e. The van der Waals surface area contributed by atoms with Gasteiger partial charge in [0.1, 0.15) is 11.6 Å². The van der Waals surface area contributed by atoms with E-state index in [0.29, 0.717) is 44.1 Å². The van der Waals surface area contributed by atoms with E-state index in [0.717, 1.165) is 29.8 Å². The number of phenolic OH excluding ortho intramolecular Hbond substituents is 2. The second-order valence-electron chi connectivity index (χ2n) is 9.67. The highest BCUT2D eigenvalue weighted by Gasteiger charge is 2.34. The standard InChI is InChI=1S/C28H37NO7/c1-28(2,25(31)9-6-19-5-8-22(30)23(16-19)34-3)26(32)10-7-20-15-21(27(33)24(17-20)35-4)18-29-11-13-36-14-12-29/h5,8,15-17,30,33H,6-7,9-14,18H2,1-4H3. The summed E-state index contributed by atoms with van der Waals surface area (Å²) in [4.78, 5) is 28.3. The van der Waals surface area contributed by atoms with Gasteiger partial charge in [0.05, 0.1) is 32.8 Å². The largest absolute Gasteiger partial charge is 0.504 e. The van der Waals surface area contributed by atoms with Gasteiger partial charge in [-0.2, -0.15) is 0 Å². The Bertz CT molecular complexity index is 1070. The summed E-state index contributed by atoms with van der Waals surface area (Å²) in [5.74, 6) is 0.631. The lowest BCUT2D eigenvalue weighted by atomic mass is 9.79. The lowest BCUT2D eigenvalue weighted by Gasteiger charge is -2.27. The lowest BCUT2D eigenvalue weighted by molar-refractivity contribution is -0.138. The first-order valence-electron chi connectivity index (χ1n) is 12.3. The van der Waals surface area contributed by atoms with Crippen LogP contribution in [0.25, 0.3) is 0 Å². The van der Waals surface area contributed by atoms with E-state index in [4.69, 9.17) is 14.2 Å². The molecular weight excluding hydrogens is 462 g/mol. The van der Waals surface area contributed by atoms with Crippen molar-refractivity contribution in [2.24, 2.45) is 5.41 Å². The molecule has 0 saturated carbocycles. The molecule has 0 unspecified atom stereocenters. The molecule has 0 atom stereocenters. The van der Waals surface area contributed by atoms with Crippen LogP contribution in [-0.4, -0.2) is 67.2 Å². The topological polar surface area (TPSA) is 106 Å². The molecule has 196 valence electrons. The fraction of sp³-hybridized carbons (Fsp3) is 0.500. The Morgan fingerprint density at radius 3 is 2.11 bits per heavy atom. The van der Waals surface area contributed by atoms with Crippen molar-refractivity contribution in [3.05, 3.63) is 47.0 Å². The summed E-state index contributed by atoms with van der Waals surface area (Å²) in [6.45, 7) is 6.83. The highest BCUT2D eigenvalue weighted by molar-refractivity contribution is 6.06. The van der Waals surface area contributed by atoms with Crippen LogP contribution in [0.1, 0.15) is 43.4 Å². The van der Waals surface area contributed by atoms with E-state index in [9.17, 15) is 19.8 Å². The summed E-state index contributed by atoms with van der Waals surface area (Å²) in [6, 6.07) is 8.64. The van der Waals surface area contributed by atoms with Crippen LogP contribution < -0.4 is 9.47 Å². The molecule has 1 aliphatic rings. The van der Waals surface area contributed by atoms with Crippen molar-refractivity contribution in [2.45, 2.75) is 46.1 Å². The Kier molecular flexibility index (Phi) is 9.34. The number of aryl methyl sites for hydroxylation is 2. The predicted octanol–water partition coefficient (Wildman–Crippen LogP) is 3.68. The summed E-state index contributed by atoms with van der Waals surface area (Å²) in [5, 5.41) is 20.4. The van der Waals surface area contributed by atoms with E-state index in [-0.39, 0.29) is 35.9 Å². The van der Waals surface area contributed by atoms with Gasteiger partial charge in [0.25, 0.3) is 0 Å². The van der Waals surface area contributed by atoms with E-state index < -0.39 is 5.41 Å². The van der Waals surface area contributed by atoms with Crippen LogP contribution >= 0.6 is 0 Å². The average Bonchev–Trinajstić information content (AvgIpc) is 2.88. The second-order valence-corrected chi connectivity index (χ2v) is 9.67. The summed E-state index contributed by atoms with van der Waals surface area (Å²) < 4.78 is 15.9. The minimum atomic E-state index is -1.11. The summed E-state index contributed by atoms with van der Waals surface area (Å²) in [7, 11) is 2.98. The molecule has 0 spiro atoms. The maximum atomic E-state index is 13.1. The normalized spacial score (nSPS) is 14.4. The third kappa shape index (κ3) is 6.77. The van der Waals surface area contributed by atoms with Crippen LogP contribution in [-0.2, 0) is 33.7 Å². The van der Waals surface area contributed by atoms with E-state index in [2.05, 4.69) is 4.90 Å². The molecule has 0 amide bonds. The molecule has 36 heavy (non-hydrogen) atoms. The molecule has 0 radical (unpaired) electrons. The van der Waals surface area contributed by atoms with Crippen molar-refractivity contribution in [3.63, 3.8) is 0 Å². The Morgan fingerprint density at radius 2 is 1.50 bits per heavy atom. The number of carbonyl (C=O) groups excluding carboxylic acids is 2. The van der Waals surface area contributed by atoms with Crippen LogP contribution in [0.5, 0.6) is 23.0 Å². The maximum absolute atomic E-state index is 13.1. The van der Waals surface area contributed by atoms with E-state index in [1.54, 1.807) is 32.0 Å². The summed E-state index contributed by atoms with van der Waals surface area (Å²) >= 11 is 0. The van der Waals surface area contributed by atoms with Gasteiger partial charge in [-0.3, -0.25) is 14.5 Å². The number of carbonyl (C=O) groups is 2. The molecule has 1 saturated heterocycles. The van der Waals surface area contributed by atoms with Crippen LogP contribution in [0.2, 0.25) is 0 Å². The third-order valence-corrected chi connectivity index (χ3v) is 6.85. The van der Waals surface area contributed by atoms with Crippen LogP contribution in [0.3, 0.4) is 0 Å². The van der Waals surface area contributed by atoms with Crippen LogP contribution in [0.15, 0.2) is 30.3 Å². The van der Waals surface area contributed by atoms with Gasteiger partial charge in [-0.15, -0.1) is 0 Å². The van der Waals surface area contributed by atoms with Crippen molar-refractivity contribution >= 4 is 11.6 Å². The second kappa shape index (κ2) is 12.2. The molecule has 1 fully saturated rings. The quantitative estimate of drug-likeness (QED) is 0.426. The molecule has 1 aliphatic heterocycles. The summed E-state index contributed by atoms with van der Waals surface area (Å²) in [6.07, 6.45) is 1.31. The van der Waals surface area contributed by atoms with Crippen LogP contribution in [0, 0.1) is 5.41 Å². The van der Waals surface area contributed by atoms with Gasteiger partial charge in [-0.25, -0.2) is 0 Å². The first-order chi connectivity index (χ1) is 17.1. The van der Waals surface area contributed by atoms with Gasteiger partial charge < -0.3 is 24.4 Å². The number of morpholine rings is 1. The SMILES string of the molecule is COc1cc(CCC(=O)C(C)(C)C(=O)CCc2cc(CN3CCOCC3)c(O)c(OC)c2)ccc1O. The zero-order valence-corrected chi connectivity index (χ0v) is 21.6. The Balaban J connectivity index is 1.62. The molecular formula is C28H37NO7. The fourth-order valence-corrected chi connectivity index (χ4v) is 4.32. The Hall–Kier alpha value is -3.10. The highest BCUT2D eigenvalue weighted by Crippen LogP contribution is 2.34. The number of hydrogen-bond donors (Lipinski definition) is 2. The molecule has 0 aromatic heterocycles. The molecule has 2 N–H and O–H groups in total. The van der Waals surface area contributed by atoms with Crippen molar-refractivity contribution in [3.8, 4) is 23.0 Å². The third-order valence-electron chi connectivity index (χ3n) is 6.85. The molecule has 3 rings (SSSR count). The fourth-order valence-electron chi connectivity index (χ4n) is 4.32. The van der Waals surface area contributed by atoms with Gasteiger partial charge in [-0.05, 0) is 56.0 Å². The maximum Gasteiger partial charge on any atom is 0.162 e. The number of methoxy groups -OCH3 is 2. The number of aromatic hydroxyl groups is 2. The number of benzene rings is 2. The van der Waals surface area contributed by atoms with Gasteiger partial charge >= 0.3 is 0 Å². The van der Waals surface area contributed by atoms with E-state index in [1.165, 1.54) is 20.3 Å². The van der Waals surface area contributed by atoms with Crippen LogP contribution in [0.4, 0.5) is 0 Å². The number of ether oxygens (including phenoxy) is 3. The number of nitrogens with zero attached hydrogens (tertiary/aromatic N) is 1. The number of rotatable bonds is 12. The number of ketones is 2. The van der Waals surface area contributed by atoms with Gasteiger partial charge in [0.15, 0.2) is 23.0 Å². The van der Waals surface area contributed by atoms with Gasteiger partial charge in [0.2, 0.25) is 0 Å². The monoisotopic (exact) mass is 499 g/mol. The Labute approximate surface area is 212 Å². The molecule has 8 nitrogen and oxygen atoms in total. The molecule has 2 aromatic rings. The minimum absolute atomic E-state index is 0.0436. The molecule has 0 aliphatic carbocycles. The van der Waals surface area contributed by atoms with Crippen molar-refractivity contribution < 1.29 is 34.0 Å². The van der Waals surface area contributed by atoms with E-state index in [1.807, 2.05) is 6.07 Å². The van der Waals surface area contributed by atoms with Crippen molar-refractivity contribution in [1.29, 1.82) is 0 Å². The first-order valence-corrected chi connectivity index (χ1v) is 12.3. The van der Waals surface area contributed by atoms with Gasteiger partial charge in [-0.1, -0.05) is 12.1 Å². The number of Topliss-reactive ketones (excluding diaryl/α,β-unsaturated/α-hetero) is 2. The molecule has 1 heterocycles. The Morgan fingerprint density at radius 1 is 0.917 bits per heavy atom. The van der Waals surface area contributed by atoms with Crippen molar-refractivity contribution in [2.75, 3.05) is 40.5 Å². The zero-order valence-electron chi connectivity index (χ0n) is 21.6. The number of phenols is 2. The van der Waals surface area contributed by atoms with E-state index >= 15 is 0 Å². The zero-order chi connectivity index (χ0) is 26.3. The molecule has 2 aromatic carbocycles. The van der Waals surface area contributed by atoms with Crippen molar-refractivity contribution in [1.82, 2.24) is 4.90 Å². The smallest absolute Gasteiger partial charge is 0.162 e. The first kappa shape index (κ1) is 27.5.